The molecule has 4 heteroatoms. The molecule has 0 saturated heterocycles. The van der Waals surface area contributed by atoms with Crippen LogP contribution < -0.4 is 0 Å². The van der Waals surface area contributed by atoms with Gasteiger partial charge < -0.3 is 20.4 Å². The predicted octanol–water partition coefficient (Wildman–Crippen LogP) is 12.4. The average molecular weight is 741 g/mol. The second-order valence-corrected chi connectivity index (χ2v) is 17.2. The van der Waals surface area contributed by atoms with E-state index in [4.69, 9.17) is 0 Å². The summed E-state index contributed by atoms with van der Waals surface area (Å²) in [4.78, 5) is 0. The second-order valence-electron chi connectivity index (χ2n) is 17.2. The van der Waals surface area contributed by atoms with Crippen molar-refractivity contribution in [3.8, 4) is 0 Å². The van der Waals surface area contributed by atoms with E-state index in [1.165, 1.54) is 0 Å². The molecule has 0 amide bonds. The maximum atomic E-state index is 10.6. The largest absolute Gasteiger partial charge is 0.390 e. The first kappa shape index (κ1) is 50.5. The molecule has 0 fully saturated rings. The van der Waals surface area contributed by atoms with Crippen LogP contribution in [0.1, 0.15) is 123 Å². The second kappa shape index (κ2) is 24.8. The predicted molar refractivity (Wildman–Crippen MR) is 237 cm³/mol. The molecule has 300 valence electrons. The Morgan fingerprint density at radius 2 is 0.593 bits per heavy atom. The molecule has 0 aliphatic rings. The summed E-state index contributed by atoms with van der Waals surface area (Å²) in [7, 11) is 0. The third-order valence-corrected chi connectivity index (χ3v) is 8.83. The average Bonchev–Trinajstić information content (AvgIpc) is 3.00. The lowest BCUT2D eigenvalue weighted by molar-refractivity contribution is 0.0131. The van der Waals surface area contributed by atoms with Crippen molar-refractivity contribution in [2.24, 2.45) is 11.8 Å². The summed E-state index contributed by atoms with van der Waals surface area (Å²) >= 11 is 0. The summed E-state index contributed by atoms with van der Waals surface area (Å²) in [6.07, 6.45) is 44.0. The van der Waals surface area contributed by atoms with Gasteiger partial charge in [-0.05, 0) is 123 Å². The smallest absolute Gasteiger partial charge is 0.0654 e. The Kier molecular flexibility index (Phi) is 23.2. The summed E-state index contributed by atoms with van der Waals surface area (Å²) in [5, 5.41) is 41.3. The molecule has 4 nitrogen and oxygen atoms in total. The van der Waals surface area contributed by atoms with Crippen molar-refractivity contribution < 1.29 is 20.4 Å². The molecular formula is C50H76O4. The maximum Gasteiger partial charge on any atom is 0.0654 e. The van der Waals surface area contributed by atoms with Gasteiger partial charge in [0.15, 0.2) is 0 Å². The van der Waals surface area contributed by atoms with E-state index in [0.29, 0.717) is 25.7 Å². The van der Waals surface area contributed by atoms with E-state index < -0.39 is 22.4 Å². The minimum atomic E-state index is -0.848. The summed E-state index contributed by atoms with van der Waals surface area (Å²) in [6.45, 7) is 26.9. The molecular weight excluding hydrogens is 665 g/mol. The number of aliphatic hydroxyl groups is 4. The molecule has 0 aliphatic carbocycles. The van der Waals surface area contributed by atoms with Crippen molar-refractivity contribution in [3.05, 3.63) is 155 Å². The molecule has 0 rings (SSSR count). The van der Waals surface area contributed by atoms with Gasteiger partial charge in [-0.15, -0.1) is 0 Å². The van der Waals surface area contributed by atoms with E-state index in [9.17, 15) is 20.4 Å². The third-order valence-electron chi connectivity index (χ3n) is 8.83. The number of hydrogen-bond acceptors (Lipinski definition) is 4. The molecule has 4 N–H and O–H groups in total. The molecule has 0 saturated carbocycles. The number of rotatable bonds is 22. The first-order valence-electron chi connectivity index (χ1n) is 19.5. The van der Waals surface area contributed by atoms with Crippen LogP contribution in [0, 0.1) is 11.8 Å². The minimum Gasteiger partial charge on any atom is -0.390 e. The van der Waals surface area contributed by atoms with Crippen molar-refractivity contribution in [2.45, 2.75) is 145 Å². The highest BCUT2D eigenvalue weighted by molar-refractivity contribution is 5.33. The van der Waals surface area contributed by atoms with Crippen LogP contribution in [0.2, 0.25) is 0 Å². The molecule has 0 aromatic carbocycles. The first-order valence-corrected chi connectivity index (χ1v) is 19.5. The van der Waals surface area contributed by atoms with E-state index in [1.807, 2.05) is 78.0 Å². The van der Waals surface area contributed by atoms with Gasteiger partial charge in [0.25, 0.3) is 0 Å². The van der Waals surface area contributed by atoms with Crippen LogP contribution >= 0.6 is 0 Å². The van der Waals surface area contributed by atoms with Gasteiger partial charge in [0.1, 0.15) is 0 Å². The van der Waals surface area contributed by atoms with Crippen LogP contribution in [0.3, 0.4) is 0 Å². The van der Waals surface area contributed by atoms with Gasteiger partial charge in [0.2, 0.25) is 0 Å². The Morgan fingerprint density at radius 1 is 0.370 bits per heavy atom. The third kappa shape index (κ3) is 28.9. The Bertz CT molecular complexity index is 1410. The van der Waals surface area contributed by atoms with Crippen molar-refractivity contribution in [1.82, 2.24) is 0 Å². The van der Waals surface area contributed by atoms with Gasteiger partial charge in [-0.1, -0.05) is 155 Å². The highest BCUT2D eigenvalue weighted by atomic mass is 16.3. The molecule has 0 radical (unpaired) electrons. The topological polar surface area (TPSA) is 80.9 Å². The molecule has 0 aliphatic heterocycles. The van der Waals surface area contributed by atoms with Crippen molar-refractivity contribution in [1.29, 1.82) is 0 Å². The Balaban J connectivity index is 5.09. The van der Waals surface area contributed by atoms with Crippen LogP contribution in [0.4, 0.5) is 0 Å². The number of hydrogen-bond donors (Lipinski definition) is 4. The van der Waals surface area contributed by atoms with Crippen LogP contribution in [-0.4, -0.2) is 42.8 Å². The molecule has 54 heavy (non-hydrogen) atoms. The molecule has 0 unspecified atom stereocenters. The molecule has 0 spiro atoms. The van der Waals surface area contributed by atoms with E-state index >= 15 is 0 Å². The highest BCUT2D eigenvalue weighted by Gasteiger charge is 2.27. The normalized spacial score (nSPS) is 17.4. The standard InChI is InChI=1S/C50H76O4/c1-39(23-17-25-41(3)27-19-29-43(5)31-33-45(49(11,12)53)35-37-47(7,8)51)21-15-16-22-40(2)24-18-26-42(4)28-20-30-44(6)32-34-46(50(13,14)54)36-38-48(9,10)52/h15-34,45-46,51-54H,35-38H2,1-14H3/b16-15+,23-17+,24-18+,27-19+,28-20+,33-31+,34-32+,39-21+,40-22+,41-25+,42-26+,43-29+,44-30+/t45-,46-/m1/s1. The summed E-state index contributed by atoms with van der Waals surface area (Å²) < 4.78 is 0. The molecule has 0 aromatic rings. The van der Waals surface area contributed by atoms with E-state index in [2.05, 4.69) is 113 Å². The maximum absolute atomic E-state index is 10.6. The van der Waals surface area contributed by atoms with Gasteiger partial charge in [-0.3, -0.25) is 0 Å². The Hall–Kier alpha value is -3.54. The first-order chi connectivity index (χ1) is 24.8. The highest BCUT2D eigenvalue weighted by Crippen LogP contribution is 2.28. The van der Waals surface area contributed by atoms with Crippen molar-refractivity contribution in [2.75, 3.05) is 0 Å². The van der Waals surface area contributed by atoms with E-state index in [-0.39, 0.29) is 11.8 Å². The molecule has 0 heterocycles. The fourth-order valence-electron chi connectivity index (χ4n) is 5.08. The van der Waals surface area contributed by atoms with Gasteiger partial charge in [0, 0.05) is 11.8 Å². The fourth-order valence-corrected chi connectivity index (χ4v) is 5.08. The summed E-state index contributed by atoms with van der Waals surface area (Å²) in [5.74, 6) is -0.0768. The minimum absolute atomic E-state index is 0.0384. The quantitative estimate of drug-likeness (QED) is 0.0833. The van der Waals surface area contributed by atoms with Crippen molar-refractivity contribution in [3.63, 3.8) is 0 Å². The zero-order valence-electron chi connectivity index (χ0n) is 36.3. The SMILES string of the molecule is CC(/C=C/C=C(C)/C=C/C=C(C)/C=C/[C@H](CCC(C)(C)O)C(C)(C)O)=C\C=C\C=C(C)\C=C\C=C(C)\C=C\C=C(C)\C=C\[C@H](CCC(C)(C)O)C(C)(C)O. The molecule has 2 atom stereocenters. The Labute approximate surface area is 331 Å². The molecule has 0 bridgehead atoms. The van der Waals surface area contributed by atoms with Crippen LogP contribution in [0.25, 0.3) is 0 Å². The lowest BCUT2D eigenvalue weighted by Gasteiger charge is -2.29. The van der Waals surface area contributed by atoms with Gasteiger partial charge in [-0.25, -0.2) is 0 Å². The lowest BCUT2D eigenvalue weighted by Crippen LogP contribution is -2.31. The zero-order chi connectivity index (χ0) is 41.6. The van der Waals surface area contributed by atoms with Crippen LogP contribution in [0.15, 0.2) is 155 Å². The number of allylic oxidation sites excluding steroid dienone is 24. The lowest BCUT2D eigenvalue weighted by atomic mass is 9.83. The van der Waals surface area contributed by atoms with Crippen molar-refractivity contribution >= 4 is 0 Å². The monoisotopic (exact) mass is 741 g/mol. The van der Waals surface area contributed by atoms with Gasteiger partial charge in [0.05, 0.1) is 22.4 Å². The van der Waals surface area contributed by atoms with E-state index in [1.54, 1.807) is 27.7 Å². The Morgan fingerprint density at radius 3 is 0.815 bits per heavy atom. The fraction of sp³-hybridized carbons (Fsp3) is 0.480. The van der Waals surface area contributed by atoms with Crippen LogP contribution in [-0.2, 0) is 0 Å². The van der Waals surface area contributed by atoms with E-state index in [0.717, 1.165) is 33.4 Å². The van der Waals surface area contributed by atoms with Gasteiger partial charge in [-0.2, -0.15) is 0 Å². The molecule has 0 aromatic heterocycles. The zero-order valence-corrected chi connectivity index (χ0v) is 36.3. The van der Waals surface area contributed by atoms with Crippen LogP contribution in [0.5, 0.6) is 0 Å². The van der Waals surface area contributed by atoms with Gasteiger partial charge >= 0.3 is 0 Å². The summed E-state index contributed by atoms with van der Waals surface area (Å²) in [5.41, 5.74) is 3.60. The summed E-state index contributed by atoms with van der Waals surface area (Å²) in [6, 6.07) is 0.